The fourth-order valence-electron chi connectivity index (χ4n) is 4.36. The summed E-state index contributed by atoms with van der Waals surface area (Å²) in [7, 11) is -2.71. The van der Waals surface area contributed by atoms with E-state index in [1.54, 1.807) is 25.1 Å². The van der Waals surface area contributed by atoms with Crippen molar-refractivity contribution in [2.45, 2.75) is 11.8 Å². The summed E-state index contributed by atoms with van der Waals surface area (Å²) >= 11 is 0. The van der Waals surface area contributed by atoms with Crippen molar-refractivity contribution in [1.82, 2.24) is 9.55 Å². The first-order valence-corrected chi connectivity index (χ1v) is 10.6. The van der Waals surface area contributed by atoms with Crippen LogP contribution < -0.4 is 10.9 Å². The van der Waals surface area contributed by atoms with Gasteiger partial charge in [-0.1, -0.05) is 18.2 Å². The molecular formula is C22H16N2O5S. The van der Waals surface area contributed by atoms with Gasteiger partial charge in [-0.2, -0.15) is 8.42 Å². The molecule has 3 aromatic carbocycles. The Morgan fingerprint density at radius 1 is 0.933 bits per heavy atom. The smallest absolute Gasteiger partial charge is 0.296 e. The van der Waals surface area contributed by atoms with Gasteiger partial charge in [0.25, 0.3) is 10.1 Å². The van der Waals surface area contributed by atoms with Gasteiger partial charge >= 0.3 is 0 Å². The standard InChI is InChI=1S/C22H16N2O5S/c1-11-18-15(23-19-13(22(18)26)7-5-9-17(19)30(27,28)29)10-14-20(11)24(2)16-8-4-3-6-12(16)21(14)25/h3-10H,1-2H3,(H,23,26)(H,27,28,29). The molecule has 0 aliphatic heterocycles. The second kappa shape index (κ2) is 6.01. The number of aromatic amines is 1. The maximum Gasteiger partial charge on any atom is 0.296 e. The fraction of sp³-hybridized carbons (Fsp3) is 0.0909. The number of pyridine rings is 2. The van der Waals surface area contributed by atoms with Gasteiger partial charge in [0.1, 0.15) is 4.90 Å². The third-order valence-electron chi connectivity index (χ3n) is 5.67. The second-order valence-electron chi connectivity index (χ2n) is 7.33. The molecule has 2 aromatic heterocycles. The number of hydrogen-bond acceptors (Lipinski definition) is 4. The Hall–Kier alpha value is -3.49. The normalized spacial score (nSPS) is 12.4. The van der Waals surface area contributed by atoms with Gasteiger partial charge in [-0.15, -0.1) is 0 Å². The predicted octanol–water partition coefficient (Wildman–Crippen LogP) is 3.24. The average Bonchev–Trinajstić information content (AvgIpc) is 2.70. The van der Waals surface area contributed by atoms with Gasteiger partial charge in [0.15, 0.2) is 10.9 Å². The SMILES string of the molecule is Cc1c2c(=O)c3cccc(S(=O)(=O)O)c3[nH]c2cc2c(=O)c3ccccc3n(C)c12. The Morgan fingerprint density at radius 2 is 1.63 bits per heavy atom. The number of aryl methyl sites for hydroxylation is 2. The van der Waals surface area contributed by atoms with Crippen molar-refractivity contribution in [3.05, 3.63) is 74.5 Å². The van der Waals surface area contributed by atoms with Crippen molar-refractivity contribution in [2.24, 2.45) is 7.05 Å². The molecule has 0 bridgehead atoms. The molecule has 0 saturated carbocycles. The molecule has 0 atom stereocenters. The van der Waals surface area contributed by atoms with Crippen LogP contribution in [0.2, 0.25) is 0 Å². The molecule has 0 unspecified atom stereocenters. The quantitative estimate of drug-likeness (QED) is 0.320. The minimum absolute atomic E-state index is 0.00821. The molecule has 7 nitrogen and oxygen atoms in total. The van der Waals surface area contributed by atoms with E-state index < -0.39 is 10.1 Å². The summed E-state index contributed by atoms with van der Waals surface area (Å²) in [5.74, 6) is 0. The van der Waals surface area contributed by atoms with Crippen LogP contribution in [0.1, 0.15) is 5.56 Å². The number of nitrogens with zero attached hydrogens (tertiary/aromatic N) is 1. The van der Waals surface area contributed by atoms with Gasteiger partial charge in [-0.3, -0.25) is 14.1 Å². The molecule has 8 heteroatoms. The number of para-hydroxylation sites is 2. The fourth-order valence-corrected chi connectivity index (χ4v) is 5.03. The molecule has 0 saturated heterocycles. The molecule has 0 fully saturated rings. The first-order valence-electron chi connectivity index (χ1n) is 9.17. The highest BCUT2D eigenvalue weighted by molar-refractivity contribution is 7.86. The van der Waals surface area contributed by atoms with Crippen molar-refractivity contribution in [3.8, 4) is 0 Å². The van der Waals surface area contributed by atoms with Crippen LogP contribution in [0.5, 0.6) is 0 Å². The van der Waals surface area contributed by atoms with Crippen LogP contribution in [-0.4, -0.2) is 22.5 Å². The van der Waals surface area contributed by atoms with Gasteiger partial charge in [0.05, 0.1) is 27.5 Å². The molecule has 0 radical (unpaired) electrons. The zero-order chi connectivity index (χ0) is 21.4. The van der Waals surface area contributed by atoms with E-state index in [1.807, 2.05) is 23.7 Å². The summed E-state index contributed by atoms with van der Waals surface area (Å²) in [6.45, 7) is 1.77. The van der Waals surface area contributed by atoms with Gasteiger partial charge in [0.2, 0.25) is 0 Å². The highest BCUT2D eigenvalue weighted by Gasteiger charge is 2.20. The monoisotopic (exact) mass is 420 g/mol. The Bertz CT molecular complexity index is 1780. The molecule has 30 heavy (non-hydrogen) atoms. The Morgan fingerprint density at radius 3 is 2.37 bits per heavy atom. The minimum Gasteiger partial charge on any atom is -0.353 e. The summed E-state index contributed by atoms with van der Waals surface area (Å²) in [4.78, 5) is 29.1. The Kier molecular flexibility index (Phi) is 3.71. The zero-order valence-electron chi connectivity index (χ0n) is 16.1. The average molecular weight is 420 g/mol. The van der Waals surface area contributed by atoms with Gasteiger partial charge < -0.3 is 9.55 Å². The maximum absolute atomic E-state index is 13.3. The number of hydrogen-bond donors (Lipinski definition) is 2. The lowest BCUT2D eigenvalue weighted by atomic mass is 10.00. The van der Waals surface area contributed by atoms with E-state index in [2.05, 4.69) is 4.98 Å². The molecule has 0 spiro atoms. The van der Waals surface area contributed by atoms with E-state index in [9.17, 15) is 22.6 Å². The molecule has 0 amide bonds. The van der Waals surface area contributed by atoms with Crippen LogP contribution in [0.25, 0.3) is 43.6 Å². The molecule has 150 valence electrons. The lowest BCUT2D eigenvalue weighted by Gasteiger charge is -2.15. The number of nitrogens with one attached hydrogen (secondary N) is 1. The summed E-state index contributed by atoms with van der Waals surface area (Å²) in [5, 5.41) is 1.48. The Labute approximate surface area is 169 Å². The first kappa shape index (κ1) is 18.5. The van der Waals surface area contributed by atoms with Crippen molar-refractivity contribution in [1.29, 1.82) is 0 Å². The van der Waals surface area contributed by atoms with Crippen molar-refractivity contribution >= 4 is 53.7 Å². The van der Waals surface area contributed by atoms with E-state index in [-0.39, 0.29) is 26.7 Å². The molecule has 0 aliphatic rings. The molecule has 5 aromatic rings. The minimum atomic E-state index is -4.55. The topological polar surface area (TPSA) is 109 Å². The molecule has 5 rings (SSSR count). The summed E-state index contributed by atoms with van der Waals surface area (Å²) < 4.78 is 35.1. The third kappa shape index (κ3) is 2.38. The summed E-state index contributed by atoms with van der Waals surface area (Å²) in [6, 6.07) is 12.9. The number of benzene rings is 3. The van der Waals surface area contributed by atoms with Crippen molar-refractivity contribution in [2.75, 3.05) is 0 Å². The van der Waals surface area contributed by atoms with Crippen LogP contribution in [0.4, 0.5) is 0 Å². The predicted molar refractivity (Wildman–Crippen MR) is 117 cm³/mol. The van der Waals surface area contributed by atoms with E-state index in [0.717, 1.165) is 5.52 Å². The first-order chi connectivity index (χ1) is 14.2. The lowest BCUT2D eigenvalue weighted by Crippen LogP contribution is -2.14. The van der Waals surface area contributed by atoms with Crippen LogP contribution in [0.15, 0.2) is 63.0 Å². The Balaban J connectivity index is 2.10. The molecule has 2 heterocycles. The van der Waals surface area contributed by atoms with E-state index in [0.29, 0.717) is 32.8 Å². The number of fused-ring (bicyclic) bond motifs is 4. The number of aromatic nitrogens is 2. The van der Waals surface area contributed by atoms with Crippen molar-refractivity contribution in [3.63, 3.8) is 0 Å². The van der Waals surface area contributed by atoms with Gasteiger partial charge in [-0.25, -0.2) is 0 Å². The van der Waals surface area contributed by atoms with Crippen molar-refractivity contribution < 1.29 is 13.0 Å². The van der Waals surface area contributed by atoms with Crippen LogP contribution in [0.3, 0.4) is 0 Å². The molecule has 2 N–H and O–H groups in total. The number of H-pyrrole nitrogens is 1. The van der Waals surface area contributed by atoms with E-state index >= 15 is 0 Å². The largest absolute Gasteiger partial charge is 0.353 e. The number of rotatable bonds is 1. The highest BCUT2D eigenvalue weighted by atomic mass is 32.2. The van der Waals surface area contributed by atoms with Crippen LogP contribution in [0, 0.1) is 6.92 Å². The second-order valence-corrected chi connectivity index (χ2v) is 8.72. The lowest BCUT2D eigenvalue weighted by molar-refractivity contribution is 0.484. The van der Waals surface area contributed by atoms with Gasteiger partial charge in [0, 0.05) is 23.2 Å². The van der Waals surface area contributed by atoms with Gasteiger partial charge in [-0.05, 0) is 42.8 Å². The maximum atomic E-state index is 13.3. The molecule has 0 aliphatic carbocycles. The summed E-state index contributed by atoms with van der Waals surface area (Å²) in [5.41, 5.74) is 1.81. The van der Waals surface area contributed by atoms with E-state index in [1.165, 1.54) is 18.2 Å². The molecular weight excluding hydrogens is 404 g/mol. The highest BCUT2D eigenvalue weighted by Crippen LogP contribution is 2.28. The summed E-state index contributed by atoms with van der Waals surface area (Å²) in [6.07, 6.45) is 0. The van der Waals surface area contributed by atoms with E-state index in [4.69, 9.17) is 0 Å². The van der Waals surface area contributed by atoms with Crippen LogP contribution >= 0.6 is 0 Å². The van der Waals surface area contributed by atoms with Crippen LogP contribution in [-0.2, 0) is 17.2 Å². The third-order valence-corrected chi connectivity index (χ3v) is 6.56. The zero-order valence-corrected chi connectivity index (χ0v) is 16.9.